The van der Waals surface area contributed by atoms with Crippen LogP contribution in [0.1, 0.15) is 5.56 Å². The molecule has 1 amide bonds. The molecule has 2 heterocycles. The van der Waals surface area contributed by atoms with Gasteiger partial charge in [0.2, 0.25) is 15.9 Å². The zero-order valence-electron chi connectivity index (χ0n) is 13.3. The molecule has 2 aliphatic rings. The molecule has 0 spiro atoms. The highest BCUT2D eigenvalue weighted by Gasteiger charge is 2.50. The van der Waals surface area contributed by atoms with E-state index >= 15 is 0 Å². The van der Waals surface area contributed by atoms with Gasteiger partial charge in [0.25, 0.3) is 0 Å². The number of fused-ring (bicyclic) bond motifs is 1. The Balaban J connectivity index is 1.84. The molecule has 9 heteroatoms. The number of carbonyl (C=O) groups excluding carboxylic acids is 1. The van der Waals surface area contributed by atoms with E-state index in [2.05, 4.69) is 0 Å². The molecule has 0 radical (unpaired) electrons. The van der Waals surface area contributed by atoms with Crippen LogP contribution in [0.25, 0.3) is 0 Å². The van der Waals surface area contributed by atoms with Gasteiger partial charge in [-0.2, -0.15) is 4.31 Å². The SMILES string of the molecule is CS(=O)(=O)N1CCN(C(=O)Cc2ccccc2)[C@H]2CS(=O)(=O)C[C@H]21. The van der Waals surface area contributed by atoms with E-state index in [9.17, 15) is 21.6 Å². The first-order valence-electron chi connectivity index (χ1n) is 7.68. The van der Waals surface area contributed by atoms with Gasteiger partial charge in [0.05, 0.1) is 36.3 Å². The number of rotatable bonds is 3. The zero-order chi connectivity index (χ0) is 17.5. The summed E-state index contributed by atoms with van der Waals surface area (Å²) in [6, 6.07) is 7.94. The third-order valence-electron chi connectivity index (χ3n) is 4.57. The molecule has 0 bridgehead atoms. The number of hydrogen-bond acceptors (Lipinski definition) is 5. The first-order chi connectivity index (χ1) is 11.2. The van der Waals surface area contributed by atoms with E-state index in [-0.39, 0.29) is 36.9 Å². The second kappa shape index (κ2) is 6.12. The smallest absolute Gasteiger partial charge is 0.227 e. The largest absolute Gasteiger partial charge is 0.335 e. The second-order valence-electron chi connectivity index (χ2n) is 6.33. The van der Waals surface area contributed by atoms with Crippen molar-refractivity contribution in [2.45, 2.75) is 18.5 Å². The van der Waals surface area contributed by atoms with Crippen LogP contribution in [0.5, 0.6) is 0 Å². The lowest BCUT2D eigenvalue weighted by atomic mass is 10.1. The van der Waals surface area contributed by atoms with Gasteiger partial charge in [0.15, 0.2) is 9.84 Å². The van der Waals surface area contributed by atoms with Gasteiger partial charge < -0.3 is 4.90 Å². The van der Waals surface area contributed by atoms with Gasteiger partial charge in [0.1, 0.15) is 0 Å². The van der Waals surface area contributed by atoms with E-state index in [1.54, 1.807) is 4.90 Å². The minimum Gasteiger partial charge on any atom is -0.335 e. The standard InChI is InChI=1S/C15H20N2O5S2/c1-23(19,20)17-8-7-16(13-10-24(21,22)11-14(13)17)15(18)9-12-5-3-2-4-6-12/h2-6,13-14H,7-11H2,1H3/t13-,14+/m0/s1. The fraction of sp³-hybridized carbons (Fsp3) is 0.533. The van der Waals surface area contributed by atoms with E-state index in [4.69, 9.17) is 0 Å². The van der Waals surface area contributed by atoms with Crippen molar-refractivity contribution in [3.8, 4) is 0 Å². The maximum Gasteiger partial charge on any atom is 0.227 e. The zero-order valence-corrected chi connectivity index (χ0v) is 15.0. The number of nitrogens with zero attached hydrogens (tertiary/aromatic N) is 2. The number of carbonyl (C=O) groups is 1. The lowest BCUT2D eigenvalue weighted by molar-refractivity contribution is -0.135. The lowest BCUT2D eigenvalue weighted by Gasteiger charge is -2.42. The van der Waals surface area contributed by atoms with Crippen LogP contribution in [0, 0.1) is 0 Å². The molecule has 0 aliphatic carbocycles. The lowest BCUT2D eigenvalue weighted by Crippen LogP contribution is -2.61. The number of sulfone groups is 1. The average Bonchev–Trinajstić information content (AvgIpc) is 2.80. The van der Waals surface area contributed by atoms with Gasteiger partial charge in [-0.1, -0.05) is 30.3 Å². The van der Waals surface area contributed by atoms with Crippen LogP contribution in [-0.4, -0.2) is 74.9 Å². The van der Waals surface area contributed by atoms with Gasteiger partial charge in [0, 0.05) is 13.1 Å². The van der Waals surface area contributed by atoms with E-state index in [0.717, 1.165) is 11.8 Å². The van der Waals surface area contributed by atoms with Crippen molar-refractivity contribution < 1.29 is 21.6 Å². The predicted octanol–water partition coefficient (Wildman–Crippen LogP) is -0.501. The predicted molar refractivity (Wildman–Crippen MR) is 89.6 cm³/mol. The van der Waals surface area contributed by atoms with E-state index < -0.39 is 31.9 Å². The third-order valence-corrected chi connectivity index (χ3v) is 7.57. The van der Waals surface area contributed by atoms with Crippen LogP contribution < -0.4 is 0 Å². The fourth-order valence-electron chi connectivity index (χ4n) is 3.51. The Morgan fingerprint density at radius 2 is 1.75 bits per heavy atom. The topological polar surface area (TPSA) is 91.8 Å². The highest BCUT2D eigenvalue weighted by Crippen LogP contribution is 2.29. The summed E-state index contributed by atoms with van der Waals surface area (Å²) in [5, 5.41) is 0. The summed E-state index contributed by atoms with van der Waals surface area (Å²) in [6.45, 7) is 0.353. The number of hydrogen-bond donors (Lipinski definition) is 0. The third kappa shape index (κ3) is 3.47. The Morgan fingerprint density at radius 1 is 1.12 bits per heavy atom. The van der Waals surface area contributed by atoms with E-state index in [0.29, 0.717) is 0 Å². The van der Waals surface area contributed by atoms with E-state index in [1.165, 1.54) is 4.31 Å². The minimum absolute atomic E-state index is 0.135. The Hall–Kier alpha value is -1.45. The molecular formula is C15H20N2O5S2. The van der Waals surface area contributed by atoms with Gasteiger partial charge in [-0.3, -0.25) is 4.79 Å². The fourth-order valence-corrected chi connectivity index (χ4v) is 6.71. The highest BCUT2D eigenvalue weighted by molar-refractivity contribution is 7.92. The molecule has 132 valence electrons. The van der Waals surface area contributed by atoms with Crippen molar-refractivity contribution in [3.63, 3.8) is 0 Å². The summed E-state index contributed by atoms with van der Waals surface area (Å²) >= 11 is 0. The Bertz CT molecular complexity index is 836. The molecule has 0 saturated carbocycles. The number of amides is 1. The van der Waals surface area contributed by atoms with Gasteiger partial charge in [-0.25, -0.2) is 16.8 Å². The highest BCUT2D eigenvalue weighted by atomic mass is 32.2. The summed E-state index contributed by atoms with van der Waals surface area (Å²) in [7, 11) is -6.87. The molecule has 2 saturated heterocycles. The van der Waals surface area contributed by atoms with Crippen LogP contribution >= 0.6 is 0 Å². The van der Waals surface area contributed by atoms with Crippen LogP contribution in [-0.2, 0) is 31.1 Å². The summed E-state index contributed by atoms with van der Waals surface area (Å²) in [5.41, 5.74) is 0.852. The number of benzene rings is 1. The molecule has 1 aromatic carbocycles. The maximum absolute atomic E-state index is 12.6. The van der Waals surface area contributed by atoms with Crippen molar-refractivity contribution >= 4 is 25.8 Å². The van der Waals surface area contributed by atoms with Crippen LogP contribution in [0.15, 0.2) is 30.3 Å². The van der Waals surface area contributed by atoms with Crippen molar-refractivity contribution in [2.75, 3.05) is 30.9 Å². The Kier molecular flexibility index (Phi) is 4.43. The number of sulfonamides is 1. The van der Waals surface area contributed by atoms with Crippen molar-refractivity contribution in [2.24, 2.45) is 0 Å². The molecule has 0 unspecified atom stereocenters. The van der Waals surface area contributed by atoms with Gasteiger partial charge in [-0.15, -0.1) is 0 Å². The Morgan fingerprint density at radius 3 is 2.38 bits per heavy atom. The molecule has 2 atom stereocenters. The maximum atomic E-state index is 12.6. The van der Waals surface area contributed by atoms with Crippen LogP contribution in [0.3, 0.4) is 0 Å². The molecule has 2 aliphatic heterocycles. The summed E-state index contributed by atoms with van der Waals surface area (Å²) in [5.74, 6) is -0.564. The van der Waals surface area contributed by atoms with Gasteiger partial charge >= 0.3 is 0 Å². The minimum atomic E-state index is -3.51. The molecule has 3 rings (SSSR count). The number of piperazine rings is 1. The summed E-state index contributed by atoms with van der Waals surface area (Å²) in [6.07, 6.45) is 1.26. The van der Waals surface area contributed by atoms with E-state index in [1.807, 2.05) is 30.3 Å². The first kappa shape index (κ1) is 17.4. The molecule has 7 nitrogen and oxygen atoms in total. The Labute approximate surface area is 142 Å². The van der Waals surface area contributed by atoms with Crippen molar-refractivity contribution in [1.82, 2.24) is 9.21 Å². The molecule has 2 fully saturated rings. The molecule has 0 aromatic heterocycles. The molecular weight excluding hydrogens is 352 g/mol. The first-order valence-corrected chi connectivity index (χ1v) is 11.3. The van der Waals surface area contributed by atoms with Crippen LogP contribution in [0.4, 0.5) is 0 Å². The quantitative estimate of drug-likeness (QED) is 0.713. The average molecular weight is 372 g/mol. The molecule has 1 aromatic rings. The summed E-state index contributed by atoms with van der Waals surface area (Å²) in [4.78, 5) is 14.2. The monoisotopic (exact) mass is 372 g/mol. The van der Waals surface area contributed by atoms with Crippen LogP contribution in [0.2, 0.25) is 0 Å². The second-order valence-corrected chi connectivity index (χ2v) is 10.4. The van der Waals surface area contributed by atoms with Crippen molar-refractivity contribution in [3.05, 3.63) is 35.9 Å². The summed E-state index contributed by atoms with van der Waals surface area (Å²) < 4.78 is 49.2. The van der Waals surface area contributed by atoms with Crippen molar-refractivity contribution in [1.29, 1.82) is 0 Å². The molecule has 24 heavy (non-hydrogen) atoms. The molecule has 0 N–H and O–H groups in total. The van der Waals surface area contributed by atoms with Gasteiger partial charge in [-0.05, 0) is 5.56 Å². The normalized spacial score (nSPS) is 27.0.